The molecule has 4 heteroatoms. The lowest BCUT2D eigenvalue weighted by atomic mass is 9.88. The zero-order valence-electron chi connectivity index (χ0n) is 13.6. The first-order chi connectivity index (χ1) is 11.6. The monoisotopic (exact) mass is 343 g/mol. The Morgan fingerprint density at radius 1 is 1.12 bits per heavy atom. The van der Waals surface area contributed by atoms with Crippen LogP contribution in [-0.4, -0.2) is 35.4 Å². The number of β-amino-alcohol motifs (C(OH)–C–C–N with tert-alkyl or cyclic N) is 1. The van der Waals surface area contributed by atoms with Gasteiger partial charge in [0.05, 0.1) is 6.10 Å². The third kappa shape index (κ3) is 4.23. The Kier molecular flexibility index (Phi) is 5.67. The molecule has 2 aromatic rings. The molecule has 3 rings (SSSR count). The molecule has 1 fully saturated rings. The highest BCUT2D eigenvalue weighted by Crippen LogP contribution is 2.24. The summed E-state index contributed by atoms with van der Waals surface area (Å²) in [4.78, 5) is 14.8. The van der Waals surface area contributed by atoms with E-state index in [2.05, 4.69) is 4.90 Å². The van der Waals surface area contributed by atoms with E-state index in [9.17, 15) is 9.90 Å². The molecule has 3 nitrogen and oxygen atoms in total. The SMILES string of the molecule is O=C(c1cccc(Cl)c1)C1CCN(CC(O)c2ccccc2)CC1. The number of halogens is 1. The van der Waals surface area contributed by atoms with Crippen molar-refractivity contribution in [2.75, 3.05) is 19.6 Å². The number of hydrogen-bond acceptors (Lipinski definition) is 3. The Morgan fingerprint density at radius 3 is 2.50 bits per heavy atom. The van der Waals surface area contributed by atoms with Gasteiger partial charge in [0.25, 0.3) is 0 Å². The molecule has 24 heavy (non-hydrogen) atoms. The average Bonchev–Trinajstić information content (AvgIpc) is 2.62. The molecule has 0 amide bonds. The quantitative estimate of drug-likeness (QED) is 0.835. The van der Waals surface area contributed by atoms with Gasteiger partial charge in [-0.25, -0.2) is 0 Å². The number of rotatable bonds is 5. The van der Waals surface area contributed by atoms with Crippen molar-refractivity contribution in [1.29, 1.82) is 0 Å². The fourth-order valence-corrected chi connectivity index (χ4v) is 3.47. The highest BCUT2D eigenvalue weighted by atomic mass is 35.5. The summed E-state index contributed by atoms with van der Waals surface area (Å²) < 4.78 is 0. The van der Waals surface area contributed by atoms with Crippen LogP contribution in [0, 0.1) is 5.92 Å². The van der Waals surface area contributed by atoms with E-state index in [1.54, 1.807) is 12.1 Å². The summed E-state index contributed by atoms with van der Waals surface area (Å²) in [5, 5.41) is 10.9. The van der Waals surface area contributed by atoms with Gasteiger partial charge in [-0.2, -0.15) is 0 Å². The number of Topliss-reactive ketones (excluding diaryl/α,β-unsaturated/α-hetero) is 1. The van der Waals surface area contributed by atoms with Crippen molar-refractivity contribution in [2.24, 2.45) is 5.92 Å². The molecule has 1 unspecified atom stereocenters. The molecule has 0 saturated carbocycles. The zero-order chi connectivity index (χ0) is 16.9. The second-order valence-electron chi connectivity index (χ2n) is 6.38. The standard InChI is InChI=1S/C20H22ClNO2/c21-18-8-4-7-17(13-18)20(24)16-9-11-22(12-10-16)14-19(23)15-5-2-1-3-6-15/h1-8,13,16,19,23H,9-12,14H2. The molecular formula is C20H22ClNO2. The van der Waals surface area contributed by atoms with Crippen molar-refractivity contribution >= 4 is 17.4 Å². The molecular weight excluding hydrogens is 322 g/mol. The Hall–Kier alpha value is -1.68. The topological polar surface area (TPSA) is 40.5 Å². The number of piperidine rings is 1. The van der Waals surface area contributed by atoms with Crippen molar-refractivity contribution in [1.82, 2.24) is 4.90 Å². The molecule has 0 aliphatic carbocycles. The van der Waals surface area contributed by atoms with E-state index in [0.29, 0.717) is 17.1 Å². The van der Waals surface area contributed by atoms with Gasteiger partial charge in [0.2, 0.25) is 0 Å². The normalized spacial score (nSPS) is 17.6. The maximum atomic E-state index is 12.6. The molecule has 1 aliphatic heterocycles. The van der Waals surface area contributed by atoms with Crippen molar-refractivity contribution in [3.63, 3.8) is 0 Å². The molecule has 1 aliphatic rings. The fourth-order valence-electron chi connectivity index (χ4n) is 3.28. The summed E-state index contributed by atoms with van der Waals surface area (Å²) in [5.41, 5.74) is 1.64. The maximum absolute atomic E-state index is 12.6. The third-order valence-electron chi connectivity index (χ3n) is 4.68. The van der Waals surface area contributed by atoms with Gasteiger partial charge in [-0.1, -0.05) is 54.1 Å². The predicted octanol–water partition coefficient (Wildman–Crippen LogP) is 3.97. The smallest absolute Gasteiger partial charge is 0.166 e. The number of aliphatic hydroxyl groups is 1. The van der Waals surface area contributed by atoms with E-state index < -0.39 is 6.10 Å². The lowest BCUT2D eigenvalue weighted by Crippen LogP contribution is -2.38. The van der Waals surface area contributed by atoms with Gasteiger partial charge in [0.1, 0.15) is 0 Å². The molecule has 1 atom stereocenters. The molecule has 0 radical (unpaired) electrons. The first kappa shape index (κ1) is 17.2. The minimum Gasteiger partial charge on any atom is -0.387 e. The molecule has 0 aromatic heterocycles. The number of benzene rings is 2. The van der Waals surface area contributed by atoms with Crippen LogP contribution in [0.3, 0.4) is 0 Å². The van der Waals surface area contributed by atoms with Gasteiger partial charge in [0.15, 0.2) is 5.78 Å². The van der Waals surface area contributed by atoms with Crippen molar-refractivity contribution in [2.45, 2.75) is 18.9 Å². The van der Waals surface area contributed by atoms with Crippen LogP contribution in [0.4, 0.5) is 0 Å². The van der Waals surface area contributed by atoms with Crippen LogP contribution in [0.15, 0.2) is 54.6 Å². The Bertz CT molecular complexity index is 681. The molecule has 126 valence electrons. The molecule has 1 N–H and O–H groups in total. The van der Waals surface area contributed by atoms with Crippen LogP contribution in [0.5, 0.6) is 0 Å². The van der Waals surface area contributed by atoms with E-state index in [4.69, 9.17) is 11.6 Å². The highest BCUT2D eigenvalue weighted by molar-refractivity contribution is 6.31. The second-order valence-corrected chi connectivity index (χ2v) is 6.81. The summed E-state index contributed by atoms with van der Waals surface area (Å²) >= 11 is 5.98. The third-order valence-corrected chi connectivity index (χ3v) is 4.92. The fraction of sp³-hybridized carbons (Fsp3) is 0.350. The Morgan fingerprint density at radius 2 is 1.83 bits per heavy atom. The van der Waals surface area contributed by atoms with E-state index in [0.717, 1.165) is 31.5 Å². The number of hydrogen-bond donors (Lipinski definition) is 1. The number of carbonyl (C=O) groups excluding carboxylic acids is 1. The van der Waals surface area contributed by atoms with Gasteiger partial charge in [0, 0.05) is 23.0 Å². The zero-order valence-corrected chi connectivity index (χ0v) is 14.3. The van der Waals surface area contributed by atoms with Crippen LogP contribution in [-0.2, 0) is 0 Å². The minimum absolute atomic E-state index is 0.0496. The van der Waals surface area contributed by atoms with E-state index >= 15 is 0 Å². The van der Waals surface area contributed by atoms with Gasteiger partial charge in [-0.05, 0) is 43.6 Å². The van der Waals surface area contributed by atoms with Gasteiger partial charge in [-0.3, -0.25) is 4.79 Å². The maximum Gasteiger partial charge on any atom is 0.166 e. The number of nitrogens with zero attached hydrogens (tertiary/aromatic N) is 1. The van der Waals surface area contributed by atoms with E-state index in [1.807, 2.05) is 42.5 Å². The molecule has 1 heterocycles. The first-order valence-corrected chi connectivity index (χ1v) is 8.76. The lowest BCUT2D eigenvalue weighted by Gasteiger charge is -2.32. The summed E-state index contributed by atoms with van der Waals surface area (Å²) in [5.74, 6) is 0.231. The minimum atomic E-state index is -0.480. The summed E-state index contributed by atoms with van der Waals surface area (Å²) in [6.07, 6.45) is 1.17. The van der Waals surface area contributed by atoms with Crippen molar-refractivity contribution < 1.29 is 9.90 Å². The highest BCUT2D eigenvalue weighted by Gasteiger charge is 2.26. The van der Waals surface area contributed by atoms with Crippen LogP contribution in [0.2, 0.25) is 5.02 Å². The average molecular weight is 344 g/mol. The van der Waals surface area contributed by atoms with Gasteiger partial charge >= 0.3 is 0 Å². The number of ketones is 1. The largest absolute Gasteiger partial charge is 0.387 e. The first-order valence-electron chi connectivity index (χ1n) is 8.38. The van der Waals surface area contributed by atoms with Crippen LogP contribution >= 0.6 is 11.6 Å². The molecule has 0 bridgehead atoms. The summed E-state index contributed by atoms with van der Waals surface area (Å²) in [6, 6.07) is 16.9. The Labute approximate surface area is 147 Å². The van der Waals surface area contributed by atoms with Crippen LogP contribution < -0.4 is 0 Å². The van der Waals surface area contributed by atoms with Crippen molar-refractivity contribution in [3.8, 4) is 0 Å². The lowest BCUT2D eigenvalue weighted by molar-refractivity contribution is 0.0727. The van der Waals surface area contributed by atoms with Crippen LogP contribution in [0.25, 0.3) is 0 Å². The predicted molar refractivity (Wildman–Crippen MR) is 96.3 cm³/mol. The van der Waals surface area contributed by atoms with Crippen molar-refractivity contribution in [3.05, 3.63) is 70.7 Å². The number of likely N-dealkylation sites (tertiary alicyclic amines) is 1. The second kappa shape index (κ2) is 7.93. The molecule has 2 aromatic carbocycles. The summed E-state index contributed by atoms with van der Waals surface area (Å²) in [7, 11) is 0. The molecule has 0 spiro atoms. The number of aliphatic hydroxyl groups excluding tert-OH is 1. The summed E-state index contributed by atoms with van der Waals surface area (Å²) in [6.45, 7) is 2.28. The Balaban J connectivity index is 1.53. The van der Waals surface area contributed by atoms with E-state index in [-0.39, 0.29) is 11.7 Å². The molecule has 1 saturated heterocycles. The van der Waals surface area contributed by atoms with Gasteiger partial charge in [-0.15, -0.1) is 0 Å². The number of carbonyl (C=O) groups is 1. The van der Waals surface area contributed by atoms with Gasteiger partial charge < -0.3 is 10.0 Å². The van der Waals surface area contributed by atoms with E-state index in [1.165, 1.54) is 0 Å². The van der Waals surface area contributed by atoms with Crippen LogP contribution in [0.1, 0.15) is 34.9 Å².